The number of hydrogen-bond donors (Lipinski definition) is 0. The highest BCUT2D eigenvalue weighted by atomic mass is 32.1. The molecule has 0 saturated carbocycles. The Morgan fingerprint density at radius 2 is 0.645 bits per heavy atom. The lowest BCUT2D eigenvalue weighted by Gasteiger charge is -2.39. The number of rotatable bonds is 21. The molecule has 4 aliphatic rings. The zero-order chi connectivity index (χ0) is 98.8. The number of benzene rings is 4. The second-order valence-electron chi connectivity index (χ2n) is 37.6. The molecule has 4 atom stereocenters. The number of amides is 8. The van der Waals surface area contributed by atoms with Crippen molar-refractivity contribution < 1.29 is 55.9 Å². The van der Waals surface area contributed by atoms with Crippen LogP contribution in [-0.2, 0) is 25.6 Å². The third-order valence-electron chi connectivity index (χ3n) is 25.5. The van der Waals surface area contributed by atoms with Gasteiger partial charge in [0.05, 0.1) is 54.0 Å². The molecule has 0 aliphatic carbocycles. The lowest BCUT2D eigenvalue weighted by molar-refractivity contribution is -0.136. The van der Waals surface area contributed by atoms with Gasteiger partial charge in [-0.25, -0.2) is 55.6 Å². The van der Waals surface area contributed by atoms with Gasteiger partial charge in [0.2, 0.25) is 23.6 Å². The maximum atomic E-state index is 13.4. The van der Waals surface area contributed by atoms with E-state index in [4.69, 9.17) is 6.42 Å². The number of carbonyl (C=O) groups is 8. The molecule has 0 bridgehead atoms. The van der Waals surface area contributed by atoms with Crippen LogP contribution < -0.4 is 0 Å². The number of hydrogen-bond acceptors (Lipinski definition) is 17. The fraction of sp³-hybridized carbons (Fsp3) is 0.410. The lowest BCUT2D eigenvalue weighted by Crippen LogP contribution is -2.55. The number of piperazine rings is 4. The number of fused-ring (bicyclic) bond motifs is 4. The highest BCUT2D eigenvalue weighted by Gasteiger charge is 2.37. The van der Waals surface area contributed by atoms with Gasteiger partial charge in [0.15, 0.2) is 22.6 Å². The van der Waals surface area contributed by atoms with Crippen LogP contribution in [0, 0.1) is 41.5 Å². The summed E-state index contributed by atoms with van der Waals surface area (Å²) >= 11 is 1.58. The summed E-state index contributed by atoms with van der Waals surface area (Å²) in [6.07, 6.45) is 15.8. The van der Waals surface area contributed by atoms with Crippen LogP contribution in [0.25, 0.3) is 67.6 Å². The van der Waals surface area contributed by atoms with Gasteiger partial charge in [-0.3, -0.25) is 38.4 Å². The predicted molar refractivity (Wildman–Crippen MR) is 523 cm³/mol. The van der Waals surface area contributed by atoms with E-state index in [1.165, 1.54) is 48.5 Å². The highest BCUT2D eigenvalue weighted by molar-refractivity contribution is 7.08. The number of carbonyl (C=O) groups excluding carboxylic acids is 8. The third kappa shape index (κ3) is 23.3. The maximum absolute atomic E-state index is 13.4. The van der Waals surface area contributed by atoms with E-state index < -0.39 is 0 Å². The Balaban J connectivity index is 0.000000147. The molecule has 13 heterocycles. The van der Waals surface area contributed by atoms with Gasteiger partial charge >= 0.3 is 0 Å². The molecule has 4 saturated heterocycles. The van der Waals surface area contributed by atoms with Crippen molar-refractivity contribution in [1.82, 2.24) is 97.6 Å². The topological polar surface area (TPSA) is 283 Å². The van der Waals surface area contributed by atoms with Gasteiger partial charge in [-0.1, -0.05) is 76.2 Å². The quantitative estimate of drug-likeness (QED) is 0.0477. The van der Waals surface area contributed by atoms with E-state index in [0.717, 1.165) is 62.9 Å². The van der Waals surface area contributed by atoms with Crippen molar-refractivity contribution in [1.29, 1.82) is 0 Å². The van der Waals surface area contributed by atoms with E-state index in [1.807, 2.05) is 90.4 Å². The number of thiophene rings is 1. The monoisotopic (exact) mass is 1900 g/mol. The predicted octanol–water partition coefficient (Wildman–Crippen LogP) is 17.3. The zero-order valence-corrected chi connectivity index (χ0v) is 81.7. The minimum Gasteiger partial charge on any atom is -0.336 e. The summed E-state index contributed by atoms with van der Waals surface area (Å²) in [5, 5.41) is 22.6. The Hall–Kier alpha value is -13.9. The molecule has 0 spiro atoms. The smallest absolute Gasteiger partial charge is 0.274 e. The molecule has 0 radical (unpaired) electrons. The summed E-state index contributed by atoms with van der Waals surface area (Å²) in [6, 6.07) is 34.3. The molecule has 0 N–H and O–H groups in total. The number of nitrogens with zero attached hydrogens (tertiary/aromatic N) is 20. The minimum absolute atomic E-state index is 0.0179. The molecule has 17 rings (SSSR count). The second-order valence-corrected chi connectivity index (χ2v) is 38.4. The van der Waals surface area contributed by atoms with Crippen molar-refractivity contribution in [2.75, 3.05) is 78.5 Å². The third-order valence-corrected chi connectivity index (χ3v) is 26.2. The number of aromatic nitrogens is 12. The number of halogens is 4. The second kappa shape index (κ2) is 44.1. The first-order valence-corrected chi connectivity index (χ1v) is 48.4. The van der Waals surface area contributed by atoms with Crippen LogP contribution in [0.4, 0.5) is 17.6 Å². The molecule has 4 fully saturated rings. The Bertz CT molecular complexity index is 6630. The molecule has 4 aliphatic heterocycles. The molecule has 13 aromatic rings. The number of imidazole rings is 4. The molecule has 722 valence electrons. The van der Waals surface area contributed by atoms with Crippen LogP contribution >= 0.6 is 11.3 Å². The Morgan fingerprint density at radius 1 is 0.377 bits per heavy atom. The van der Waals surface area contributed by atoms with Gasteiger partial charge in [-0.05, 0) is 214 Å². The fourth-order valence-electron chi connectivity index (χ4n) is 17.8. The van der Waals surface area contributed by atoms with Gasteiger partial charge in [-0.15, -0.1) is 12.3 Å². The summed E-state index contributed by atoms with van der Waals surface area (Å²) in [5.74, 6) is 2.11. The zero-order valence-electron chi connectivity index (χ0n) is 80.9. The largest absolute Gasteiger partial charge is 0.336 e. The summed E-state index contributed by atoms with van der Waals surface area (Å²) in [7, 11) is 0. The highest BCUT2D eigenvalue weighted by Crippen LogP contribution is 2.34. The van der Waals surface area contributed by atoms with Crippen molar-refractivity contribution >= 4 is 81.2 Å². The van der Waals surface area contributed by atoms with Gasteiger partial charge in [-0.2, -0.15) is 31.7 Å². The SMILES string of the molecule is C#CCCC(=O)N1CCN(C(=O)c2cn3nc(-c4ccc(F)cc4)cc(C(C)C)c3n2)C[C@@H]1C.CC(C)CCC(=O)N1CCN(C(=O)c2cn3nc(-c4ccc(F)cc4)cc(C(C)C)c3n2)C[C@@H]1C.CC(C)c1cc(-c2ccc(F)cc2)nn2cc(C(=O)N3CCN(C(=O)Cc4ccsc4)[C@@H](C)C3)nc12.CCCC(=O)N1CCN(C(=O)c2cn3nc(-c4ccc(F)cc4)cc(C(C)C)c3n2)C[C@@H]1C. The molecule has 33 heteroatoms. The van der Waals surface area contributed by atoms with E-state index in [1.54, 1.807) is 127 Å². The minimum atomic E-state index is -0.309. The van der Waals surface area contributed by atoms with E-state index in [-0.39, 0.29) is 118 Å². The van der Waals surface area contributed by atoms with E-state index >= 15 is 0 Å². The molecular formula is C105H120F4N20O8S. The average Bonchev–Trinajstić information content (AvgIpc) is 1.64. The van der Waals surface area contributed by atoms with Crippen molar-refractivity contribution in [2.45, 2.75) is 197 Å². The summed E-state index contributed by atoms with van der Waals surface area (Å²) in [6.45, 7) is 36.3. The van der Waals surface area contributed by atoms with Crippen molar-refractivity contribution in [3.8, 4) is 57.4 Å². The molecule has 138 heavy (non-hydrogen) atoms. The molecule has 0 unspecified atom stereocenters. The van der Waals surface area contributed by atoms with Crippen LogP contribution in [0.2, 0.25) is 0 Å². The van der Waals surface area contributed by atoms with E-state index in [0.29, 0.717) is 185 Å². The van der Waals surface area contributed by atoms with Crippen LogP contribution in [0.15, 0.2) is 163 Å². The van der Waals surface area contributed by atoms with Crippen LogP contribution in [0.3, 0.4) is 0 Å². The molecule has 8 amide bonds. The van der Waals surface area contributed by atoms with Gasteiger partial charge in [0.1, 0.15) is 46.0 Å². The molecule has 9 aromatic heterocycles. The lowest BCUT2D eigenvalue weighted by atomic mass is 10.0. The molecule has 28 nitrogen and oxygen atoms in total. The Labute approximate surface area is 805 Å². The van der Waals surface area contributed by atoms with Crippen LogP contribution in [0.5, 0.6) is 0 Å². The van der Waals surface area contributed by atoms with Crippen molar-refractivity contribution in [2.24, 2.45) is 5.92 Å². The Kier molecular flexibility index (Phi) is 31.9. The molecular weight excluding hydrogens is 1780 g/mol. The average molecular weight is 1900 g/mol. The first-order chi connectivity index (χ1) is 66.0. The van der Waals surface area contributed by atoms with Gasteiger partial charge < -0.3 is 39.2 Å². The summed E-state index contributed by atoms with van der Waals surface area (Å²) in [5.41, 5.74) is 14.6. The normalized spacial score (nSPS) is 16.4. The Morgan fingerprint density at radius 3 is 0.884 bits per heavy atom. The first kappa shape index (κ1) is 100. The van der Waals surface area contributed by atoms with Gasteiger partial charge in [0, 0.05) is 173 Å². The van der Waals surface area contributed by atoms with Crippen molar-refractivity contribution in [3.63, 3.8) is 0 Å². The van der Waals surface area contributed by atoms with E-state index in [2.05, 4.69) is 115 Å². The maximum Gasteiger partial charge on any atom is 0.274 e. The van der Waals surface area contributed by atoms with Gasteiger partial charge in [0.25, 0.3) is 23.6 Å². The van der Waals surface area contributed by atoms with E-state index in [9.17, 15) is 55.9 Å². The first-order valence-electron chi connectivity index (χ1n) is 47.4. The number of terminal acetylenes is 1. The fourth-order valence-corrected chi connectivity index (χ4v) is 18.4. The van der Waals surface area contributed by atoms with Crippen LogP contribution in [-0.4, -0.2) is 248 Å². The summed E-state index contributed by atoms with van der Waals surface area (Å²) in [4.78, 5) is 136. The summed E-state index contributed by atoms with van der Waals surface area (Å²) < 4.78 is 60.1. The van der Waals surface area contributed by atoms with Crippen LogP contribution in [0.1, 0.15) is 236 Å². The molecule has 4 aromatic carbocycles. The standard InChI is InChI=1S/C27H28FN5O2S.C27H34FN5O2.C26H28FN5O2.C25H30FN5O2/c1-17(2)22-13-23(20-4-6-21(28)7-5-20)30-33-15-24(29-26(22)33)27(35)31-9-10-32(18(3)14-31)25(34)12-19-8-11-36-16-19;1-17(2)6-11-25(34)32-13-12-31(15-19(32)5)27(35)24-16-33-26(29-24)22(18(3)4)14-23(30-33)20-7-9-21(28)10-8-20;1-5-6-7-24(33)31-13-12-30(15-18(31)4)26(34)23-16-32-25(28-23)21(17(2)3)14-22(29-32)19-8-10-20(27)11-9-19;1-5-6-23(32)30-12-11-29(14-17(30)4)25(33)22-15-31-24(27-22)20(16(2)3)13-21(28-31)18-7-9-19(26)10-8-18/h4-8,11,13,15-18H,9-10,12,14H2,1-3H3;7-10,14,16-19H,6,11-13,15H2,1-5H3;1,8-11,14,16-18H,6-7,12-13,15H2,2-4H3;7-10,13,15-17H,5-6,11-12,14H2,1-4H3/t18-;19-;18-;17-/m0000/s1. The van der Waals surface area contributed by atoms with Crippen molar-refractivity contribution in [3.05, 3.63) is 237 Å².